The number of para-hydroxylation sites is 3. The van der Waals surface area contributed by atoms with E-state index in [1.165, 1.54) is 58.4 Å². The molecule has 300 valence electrons. The van der Waals surface area contributed by atoms with Crippen LogP contribution in [-0.2, 0) is 0 Å². The molecule has 2 aliphatic rings. The SMILES string of the molecule is Cc1ccc(N(c2ccc3c(ccc4sc5ccc6cc(N(c7ccc(C)cc7)c7cccc8c7oc7ccccc78)ccc6c5c43)c2)c2cccc3c2OC2C=CC=CC32)cc1. The van der Waals surface area contributed by atoms with Crippen molar-refractivity contribution in [2.24, 2.45) is 0 Å². The van der Waals surface area contributed by atoms with Gasteiger partial charge in [0.05, 0.1) is 11.4 Å². The summed E-state index contributed by atoms with van der Waals surface area (Å²) in [6.07, 6.45) is 8.66. The topological polar surface area (TPSA) is 28.9 Å². The second kappa shape index (κ2) is 14.0. The van der Waals surface area contributed by atoms with E-state index in [0.29, 0.717) is 0 Å². The maximum atomic E-state index is 6.74. The third-order valence-electron chi connectivity index (χ3n) is 13.1. The average Bonchev–Trinajstić information content (AvgIpc) is 4.03. The zero-order valence-electron chi connectivity index (χ0n) is 34.7. The molecule has 5 heteroatoms. The van der Waals surface area contributed by atoms with Gasteiger partial charge in [0.2, 0.25) is 0 Å². The van der Waals surface area contributed by atoms with Crippen molar-refractivity contribution in [3.8, 4) is 5.75 Å². The third kappa shape index (κ3) is 5.66. The molecule has 0 bridgehead atoms. The Labute approximate surface area is 368 Å². The van der Waals surface area contributed by atoms with E-state index < -0.39 is 0 Å². The van der Waals surface area contributed by atoms with Gasteiger partial charge in [0.1, 0.15) is 17.4 Å². The molecule has 0 saturated carbocycles. The Kier molecular flexibility index (Phi) is 8.00. The third-order valence-corrected chi connectivity index (χ3v) is 14.2. The molecule has 0 saturated heterocycles. The molecule has 3 heterocycles. The number of anilines is 6. The van der Waals surface area contributed by atoms with Gasteiger partial charge in [-0.05, 0) is 120 Å². The molecule has 2 unspecified atom stereocenters. The molecule has 1 aliphatic carbocycles. The molecule has 2 aromatic heterocycles. The van der Waals surface area contributed by atoms with Gasteiger partial charge < -0.3 is 19.0 Å². The molecular weight excluding hydrogens is 789 g/mol. The lowest BCUT2D eigenvalue weighted by Gasteiger charge is -2.27. The minimum Gasteiger partial charge on any atom is -0.483 e. The molecule has 0 fully saturated rings. The smallest absolute Gasteiger partial charge is 0.159 e. The Balaban J connectivity index is 0.969. The van der Waals surface area contributed by atoms with E-state index in [-0.39, 0.29) is 12.0 Å². The highest BCUT2D eigenvalue weighted by atomic mass is 32.1. The number of nitrogens with zero attached hydrogens (tertiary/aromatic N) is 2. The summed E-state index contributed by atoms with van der Waals surface area (Å²) in [6.45, 7) is 4.27. The Hall–Kier alpha value is -7.60. The molecule has 13 rings (SSSR count). The number of hydrogen-bond donors (Lipinski definition) is 0. The van der Waals surface area contributed by atoms with Gasteiger partial charge in [-0.1, -0.05) is 120 Å². The Morgan fingerprint density at radius 1 is 0.476 bits per heavy atom. The van der Waals surface area contributed by atoms with Crippen molar-refractivity contribution in [3.63, 3.8) is 0 Å². The van der Waals surface area contributed by atoms with Crippen LogP contribution in [0, 0.1) is 13.8 Å². The number of hydrogen-bond acceptors (Lipinski definition) is 5. The number of ether oxygens (including phenoxy) is 1. The van der Waals surface area contributed by atoms with E-state index in [1.807, 2.05) is 17.4 Å². The lowest BCUT2D eigenvalue weighted by molar-refractivity contribution is 0.269. The summed E-state index contributed by atoms with van der Waals surface area (Å²) in [6, 6.07) is 62.0. The molecule has 0 radical (unpaired) electrons. The number of aryl methyl sites for hydroxylation is 2. The van der Waals surface area contributed by atoms with Crippen molar-refractivity contribution in [1.29, 1.82) is 0 Å². The molecule has 2 atom stereocenters. The number of benzene rings is 9. The quantitative estimate of drug-likeness (QED) is 0.167. The fourth-order valence-corrected chi connectivity index (χ4v) is 11.2. The number of thiophene rings is 1. The first kappa shape index (κ1) is 36.1. The summed E-state index contributed by atoms with van der Waals surface area (Å²) in [5, 5.41) is 9.71. The van der Waals surface area contributed by atoms with Gasteiger partial charge in [0.25, 0.3) is 0 Å². The van der Waals surface area contributed by atoms with Gasteiger partial charge in [-0.25, -0.2) is 0 Å². The first-order chi connectivity index (χ1) is 31.0. The molecule has 0 amide bonds. The Morgan fingerprint density at radius 2 is 1.05 bits per heavy atom. The number of rotatable bonds is 6. The summed E-state index contributed by atoms with van der Waals surface area (Å²) in [5.74, 6) is 1.16. The van der Waals surface area contributed by atoms with Crippen molar-refractivity contribution in [2.45, 2.75) is 25.9 Å². The molecule has 63 heavy (non-hydrogen) atoms. The highest BCUT2D eigenvalue weighted by molar-refractivity contribution is 7.26. The van der Waals surface area contributed by atoms with E-state index in [0.717, 1.165) is 61.8 Å². The lowest BCUT2D eigenvalue weighted by Crippen LogP contribution is -2.16. The Bertz CT molecular complexity index is 3710. The van der Waals surface area contributed by atoms with Crippen LogP contribution in [0.4, 0.5) is 34.1 Å². The highest BCUT2D eigenvalue weighted by Crippen LogP contribution is 2.51. The molecule has 0 spiro atoms. The van der Waals surface area contributed by atoms with Gasteiger partial charge in [-0.3, -0.25) is 0 Å². The van der Waals surface area contributed by atoms with Gasteiger partial charge in [0.15, 0.2) is 5.58 Å². The van der Waals surface area contributed by atoms with Crippen LogP contribution in [0.1, 0.15) is 22.6 Å². The molecule has 11 aromatic rings. The lowest BCUT2D eigenvalue weighted by atomic mass is 9.92. The standard InChI is InChI=1S/C58H40N2O2S/c1-35-17-23-39(24-18-35)59(49-13-7-11-47-45-9-3-5-15-51(45)61-57(47)49)41-27-29-43-37(33-41)21-31-53-55(43)56-44-30-28-42(34-38(44)22-32-54(56)63-53)60(40-25-19-36(2)20-26-40)50-14-8-12-48-46-10-4-6-16-52(46)62-58(48)50/h3-34,45,51H,1-2H3. The summed E-state index contributed by atoms with van der Waals surface area (Å²) >= 11 is 1.87. The second-order valence-corrected chi connectivity index (χ2v) is 18.0. The molecular formula is C58H40N2O2S. The van der Waals surface area contributed by atoms with Crippen molar-refractivity contribution >= 4 is 109 Å². The maximum absolute atomic E-state index is 6.74. The molecule has 9 aromatic carbocycles. The average molecular weight is 829 g/mol. The number of furan rings is 1. The van der Waals surface area contributed by atoms with E-state index in [2.05, 4.69) is 212 Å². The van der Waals surface area contributed by atoms with Crippen LogP contribution in [0.3, 0.4) is 0 Å². The van der Waals surface area contributed by atoms with Crippen LogP contribution in [-0.4, -0.2) is 6.10 Å². The second-order valence-electron chi connectivity index (χ2n) is 17.0. The maximum Gasteiger partial charge on any atom is 0.159 e. The van der Waals surface area contributed by atoms with Gasteiger partial charge in [-0.2, -0.15) is 0 Å². The van der Waals surface area contributed by atoms with Crippen LogP contribution < -0.4 is 14.5 Å². The van der Waals surface area contributed by atoms with Crippen molar-refractivity contribution in [1.82, 2.24) is 0 Å². The summed E-state index contributed by atoms with van der Waals surface area (Å²) in [7, 11) is 0. The normalized spacial score (nSPS) is 15.5. The van der Waals surface area contributed by atoms with Crippen molar-refractivity contribution in [3.05, 3.63) is 211 Å². The van der Waals surface area contributed by atoms with Gasteiger partial charge in [0, 0.05) is 65.2 Å². The van der Waals surface area contributed by atoms with Crippen LogP contribution in [0.15, 0.2) is 199 Å². The summed E-state index contributed by atoms with van der Waals surface area (Å²) < 4.78 is 15.9. The monoisotopic (exact) mass is 828 g/mol. The van der Waals surface area contributed by atoms with Crippen molar-refractivity contribution < 1.29 is 9.15 Å². The van der Waals surface area contributed by atoms with E-state index in [9.17, 15) is 0 Å². The predicted octanol–water partition coefficient (Wildman–Crippen LogP) is 16.8. The summed E-state index contributed by atoms with van der Waals surface area (Å²) in [5.41, 5.74) is 11.8. The first-order valence-electron chi connectivity index (χ1n) is 21.6. The first-order valence-corrected chi connectivity index (χ1v) is 22.5. The molecule has 4 nitrogen and oxygen atoms in total. The Morgan fingerprint density at radius 3 is 1.73 bits per heavy atom. The summed E-state index contributed by atoms with van der Waals surface area (Å²) in [4.78, 5) is 4.70. The van der Waals surface area contributed by atoms with E-state index in [4.69, 9.17) is 9.15 Å². The minimum absolute atomic E-state index is 0.00489. The fourth-order valence-electron chi connectivity index (χ4n) is 10.1. The molecule has 0 N–H and O–H groups in total. The van der Waals surface area contributed by atoms with Gasteiger partial charge in [-0.15, -0.1) is 11.3 Å². The van der Waals surface area contributed by atoms with E-state index >= 15 is 0 Å². The zero-order chi connectivity index (χ0) is 41.8. The highest BCUT2D eigenvalue weighted by Gasteiger charge is 2.35. The van der Waals surface area contributed by atoms with Crippen molar-refractivity contribution in [2.75, 3.05) is 9.80 Å². The fraction of sp³-hybridized carbons (Fsp3) is 0.0690. The van der Waals surface area contributed by atoms with Crippen LogP contribution in [0.25, 0.3) is 63.7 Å². The molecule has 1 aliphatic heterocycles. The van der Waals surface area contributed by atoms with Crippen LogP contribution in [0.5, 0.6) is 5.75 Å². The van der Waals surface area contributed by atoms with Crippen LogP contribution >= 0.6 is 11.3 Å². The van der Waals surface area contributed by atoms with Crippen LogP contribution in [0.2, 0.25) is 0 Å². The van der Waals surface area contributed by atoms with E-state index in [1.54, 1.807) is 0 Å². The predicted molar refractivity (Wildman–Crippen MR) is 266 cm³/mol. The zero-order valence-corrected chi connectivity index (χ0v) is 35.6. The number of allylic oxidation sites excluding steroid dienone is 2. The largest absolute Gasteiger partial charge is 0.483 e. The minimum atomic E-state index is 0.00489. The van der Waals surface area contributed by atoms with Gasteiger partial charge >= 0.3 is 0 Å². The number of fused-ring (bicyclic) bond motifs is 13.